The molecule has 1 aliphatic rings. The zero-order valence-electron chi connectivity index (χ0n) is 8.66. The molecule has 1 aromatic rings. The number of rotatable bonds is 2. The van der Waals surface area contributed by atoms with Gasteiger partial charge in [-0.1, -0.05) is 18.5 Å². The number of hydroxylamine groups is 2. The highest BCUT2D eigenvalue weighted by molar-refractivity contribution is 6.30. The SMILES string of the molecule is CCC1(C)ON1C(=O)c1ccc(Cl)cc1. The highest BCUT2D eigenvalue weighted by atomic mass is 35.5. The van der Waals surface area contributed by atoms with E-state index >= 15 is 0 Å². The van der Waals surface area contributed by atoms with Gasteiger partial charge >= 0.3 is 0 Å². The third-order valence-electron chi connectivity index (χ3n) is 2.62. The molecule has 2 rings (SSSR count). The first-order valence-electron chi connectivity index (χ1n) is 4.86. The van der Waals surface area contributed by atoms with E-state index in [0.29, 0.717) is 10.6 Å². The molecular formula is C11H12ClNO2. The third kappa shape index (κ3) is 1.85. The Labute approximate surface area is 93.5 Å². The van der Waals surface area contributed by atoms with Crippen LogP contribution in [0, 0.1) is 0 Å². The van der Waals surface area contributed by atoms with Crippen molar-refractivity contribution in [2.45, 2.75) is 26.0 Å². The largest absolute Gasteiger partial charge is 0.280 e. The summed E-state index contributed by atoms with van der Waals surface area (Å²) in [6, 6.07) is 6.79. The molecule has 0 aromatic heterocycles. The van der Waals surface area contributed by atoms with Crippen LogP contribution < -0.4 is 0 Å². The summed E-state index contributed by atoms with van der Waals surface area (Å²) in [5.41, 5.74) is 0.174. The van der Waals surface area contributed by atoms with Crippen LogP contribution in [0.2, 0.25) is 5.02 Å². The fraction of sp³-hybridized carbons (Fsp3) is 0.364. The van der Waals surface area contributed by atoms with E-state index in [4.69, 9.17) is 16.4 Å². The highest BCUT2D eigenvalue weighted by Gasteiger charge is 2.52. The van der Waals surface area contributed by atoms with Crippen molar-refractivity contribution in [2.75, 3.05) is 0 Å². The first-order chi connectivity index (χ1) is 7.07. The lowest BCUT2D eigenvalue weighted by Gasteiger charge is -2.02. The van der Waals surface area contributed by atoms with Crippen molar-refractivity contribution >= 4 is 17.5 Å². The fourth-order valence-electron chi connectivity index (χ4n) is 1.35. The molecule has 1 unspecified atom stereocenters. The van der Waals surface area contributed by atoms with Crippen molar-refractivity contribution in [3.63, 3.8) is 0 Å². The number of amides is 1. The van der Waals surface area contributed by atoms with Crippen LogP contribution in [0.4, 0.5) is 0 Å². The van der Waals surface area contributed by atoms with Gasteiger partial charge in [-0.15, -0.1) is 0 Å². The number of hydrogen-bond acceptors (Lipinski definition) is 2. The molecule has 0 aliphatic carbocycles. The molecular weight excluding hydrogens is 214 g/mol. The lowest BCUT2D eigenvalue weighted by molar-refractivity contribution is 0.0712. The minimum Gasteiger partial charge on any atom is -0.267 e. The quantitative estimate of drug-likeness (QED) is 0.725. The van der Waals surface area contributed by atoms with Gasteiger partial charge in [-0.3, -0.25) is 4.79 Å². The van der Waals surface area contributed by atoms with Gasteiger partial charge < -0.3 is 0 Å². The van der Waals surface area contributed by atoms with Crippen molar-refractivity contribution in [3.8, 4) is 0 Å². The van der Waals surface area contributed by atoms with E-state index in [1.165, 1.54) is 5.06 Å². The van der Waals surface area contributed by atoms with Crippen molar-refractivity contribution in [1.29, 1.82) is 0 Å². The zero-order valence-corrected chi connectivity index (χ0v) is 9.41. The van der Waals surface area contributed by atoms with Gasteiger partial charge in [0.2, 0.25) is 0 Å². The Kier molecular flexibility index (Phi) is 2.44. The molecule has 1 aliphatic heterocycles. The van der Waals surface area contributed by atoms with Crippen LogP contribution in [-0.4, -0.2) is 16.7 Å². The maximum absolute atomic E-state index is 11.9. The summed E-state index contributed by atoms with van der Waals surface area (Å²) in [5.74, 6) is -0.115. The second-order valence-corrected chi connectivity index (χ2v) is 4.16. The van der Waals surface area contributed by atoms with Gasteiger partial charge in [0.05, 0.1) is 0 Å². The third-order valence-corrected chi connectivity index (χ3v) is 2.87. The minimum absolute atomic E-state index is 0.115. The molecule has 4 heteroatoms. The van der Waals surface area contributed by atoms with Crippen molar-refractivity contribution in [1.82, 2.24) is 5.06 Å². The molecule has 0 radical (unpaired) electrons. The Morgan fingerprint density at radius 2 is 2.07 bits per heavy atom. The van der Waals surface area contributed by atoms with Gasteiger partial charge in [0.15, 0.2) is 5.72 Å². The summed E-state index contributed by atoms with van der Waals surface area (Å²) in [4.78, 5) is 17.1. The molecule has 0 N–H and O–H groups in total. The van der Waals surface area contributed by atoms with Crippen LogP contribution in [0.5, 0.6) is 0 Å². The summed E-state index contributed by atoms with van der Waals surface area (Å²) in [6.45, 7) is 3.87. The van der Waals surface area contributed by atoms with Crippen molar-refractivity contribution < 1.29 is 9.63 Å². The number of halogens is 1. The van der Waals surface area contributed by atoms with Gasteiger partial charge in [-0.25, -0.2) is 4.84 Å². The molecule has 1 atom stereocenters. The van der Waals surface area contributed by atoms with Crippen LogP contribution in [0.15, 0.2) is 24.3 Å². The molecule has 1 aromatic carbocycles. The second-order valence-electron chi connectivity index (χ2n) is 3.73. The van der Waals surface area contributed by atoms with E-state index in [1.54, 1.807) is 24.3 Å². The second kappa shape index (κ2) is 3.51. The number of nitrogens with zero attached hydrogens (tertiary/aromatic N) is 1. The smallest absolute Gasteiger partial charge is 0.267 e. The predicted molar refractivity (Wildman–Crippen MR) is 57.4 cm³/mol. The van der Waals surface area contributed by atoms with Crippen LogP contribution in [0.1, 0.15) is 30.6 Å². The predicted octanol–water partition coefficient (Wildman–Crippen LogP) is 2.85. The number of carbonyl (C=O) groups excluding carboxylic acids is 1. The Morgan fingerprint density at radius 1 is 1.47 bits per heavy atom. The molecule has 3 nitrogen and oxygen atoms in total. The van der Waals surface area contributed by atoms with E-state index in [1.807, 2.05) is 13.8 Å². The molecule has 0 spiro atoms. The standard InChI is InChI=1S/C11H12ClNO2/c1-3-11(2)13(15-11)10(14)8-4-6-9(12)7-5-8/h4-7H,3H2,1-2H3. The lowest BCUT2D eigenvalue weighted by Crippen LogP contribution is -2.19. The van der Waals surface area contributed by atoms with Gasteiger partial charge in [0.1, 0.15) is 0 Å². The molecule has 15 heavy (non-hydrogen) atoms. The summed E-state index contributed by atoms with van der Waals surface area (Å²) >= 11 is 5.74. The Bertz CT molecular complexity index is 390. The first-order valence-corrected chi connectivity index (χ1v) is 5.24. The number of benzene rings is 1. The van der Waals surface area contributed by atoms with Gasteiger partial charge in [-0.05, 0) is 37.6 Å². The minimum atomic E-state index is -0.420. The molecule has 0 bridgehead atoms. The van der Waals surface area contributed by atoms with Gasteiger partial charge in [0.25, 0.3) is 5.91 Å². The van der Waals surface area contributed by atoms with Crippen LogP contribution >= 0.6 is 11.6 Å². The average Bonchev–Trinajstić information content (AvgIpc) is 2.92. The molecule has 1 fully saturated rings. The maximum atomic E-state index is 11.9. The van der Waals surface area contributed by atoms with Crippen LogP contribution in [-0.2, 0) is 4.84 Å². The highest BCUT2D eigenvalue weighted by Crippen LogP contribution is 2.38. The Balaban J connectivity index is 2.13. The van der Waals surface area contributed by atoms with Crippen molar-refractivity contribution in [2.24, 2.45) is 0 Å². The van der Waals surface area contributed by atoms with E-state index in [2.05, 4.69) is 0 Å². The molecule has 1 saturated heterocycles. The Morgan fingerprint density at radius 3 is 2.53 bits per heavy atom. The summed E-state index contributed by atoms with van der Waals surface area (Å²) in [6.07, 6.45) is 0.784. The molecule has 1 heterocycles. The molecule has 1 amide bonds. The number of hydrogen-bond donors (Lipinski definition) is 0. The van der Waals surface area contributed by atoms with Crippen LogP contribution in [0.3, 0.4) is 0 Å². The Hall–Kier alpha value is -1.06. The fourth-order valence-corrected chi connectivity index (χ4v) is 1.48. The van der Waals surface area contributed by atoms with E-state index in [0.717, 1.165) is 6.42 Å². The topological polar surface area (TPSA) is 32.6 Å². The monoisotopic (exact) mass is 225 g/mol. The van der Waals surface area contributed by atoms with E-state index in [9.17, 15) is 4.79 Å². The summed E-state index contributed by atoms with van der Waals surface area (Å²) in [7, 11) is 0. The number of carbonyl (C=O) groups is 1. The zero-order chi connectivity index (χ0) is 11.1. The van der Waals surface area contributed by atoms with Crippen molar-refractivity contribution in [3.05, 3.63) is 34.9 Å². The molecule has 0 saturated carbocycles. The summed E-state index contributed by atoms with van der Waals surface area (Å²) in [5, 5.41) is 2.02. The maximum Gasteiger partial charge on any atom is 0.280 e. The van der Waals surface area contributed by atoms with Crippen LogP contribution in [0.25, 0.3) is 0 Å². The summed E-state index contributed by atoms with van der Waals surface area (Å²) < 4.78 is 0. The van der Waals surface area contributed by atoms with Gasteiger partial charge in [0, 0.05) is 10.6 Å². The lowest BCUT2D eigenvalue weighted by atomic mass is 10.2. The normalized spacial score (nSPS) is 24.1. The first kappa shape index (κ1) is 10.5. The average molecular weight is 226 g/mol. The van der Waals surface area contributed by atoms with E-state index < -0.39 is 5.72 Å². The molecule has 80 valence electrons. The van der Waals surface area contributed by atoms with E-state index in [-0.39, 0.29) is 5.91 Å². The van der Waals surface area contributed by atoms with Gasteiger partial charge in [-0.2, -0.15) is 5.06 Å².